The zero-order chi connectivity index (χ0) is 24.9. The minimum atomic E-state index is -1.08. The molecule has 0 aromatic heterocycles. The summed E-state index contributed by atoms with van der Waals surface area (Å²) in [6.45, 7) is 0.504. The van der Waals surface area contributed by atoms with E-state index in [2.05, 4.69) is 34.9 Å². The summed E-state index contributed by atoms with van der Waals surface area (Å²) >= 11 is 0. The zero-order valence-electron chi connectivity index (χ0n) is 20.2. The summed E-state index contributed by atoms with van der Waals surface area (Å²) in [6, 6.07) is 15.3. The van der Waals surface area contributed by atoms with Gasteiger partial charge >= 0.3 is 12.1 Å². The number of likely N-dealkylation sites (N-methyl/N-ethyl adjacent to an activating group) is 1. The van der Waals surface area contributed by atoms with E-state index in [1.165, 1.54) is 0 Å². The molecule has 8 nitrogen and oxygen atoms in total. The van der Waals surface area contributed by atoms with Crippen LogP contribution in [0.1, 0.15) is 36.3 Å². The number of benzene rings is 2. The lowest BCUT2D eigenvalue weighted by Crippen LogP contribution is -2.52. The molecule has 0 saturated heterocycles. The number of ether oxygens (including phenoxy) is 1. The predicted octanol–water partition coefficient (Wildman–Crippen LogP) is 3.07. The maximum Gasteiger partial charge on any atom is 0.407 e. The van der Waals surface area contributed by atoms with Crippen molar-refractivity contribution in [3.05, 3.63) is 59.7 Å². The average molecular weight is 480 g/mol. The molecule has 2 aliphatic carbocycles. The van der Waals surface area contributed by atoms with E-state index in [1.54, 1.807) is 19.0 Å². The molecule has 2 aromatic rings. The van der Waals surface area contributed by atoms with Gasteiger partial charge in [-0.1, -0.05) is 55.0 Å². The molecular formula is C27H33N3O5. The largest absolute Gasteiger partial charge is 0.480 e. The van der Waals surface area contributed by atoms with Crippen LogP contribution in [0.4, 0.5) is 4.79 Å². The highest BCUT2D eigenvalue weighted by atomic mass is 16.5. The molecule has 2 amide bonds. The second-order valence-electron chi connectivity index (χ2n) is 9.67. The Morgan fingerprint density at radius 1 is 1.03 bits per heavy atom. The number of aliphatic carboxylic acids is 1. The second-order valence-corrected chi connectivity index (χ2v) is 9.67. The van der Waals surface area contributed by atoms with Crippen LogP contribution in [0.2, 0.25) is 0 Å². The van der Waals surface area contributed by atoms with Crippen LogP contribution in [-0.4, -0.2) is 67.8 Å². The van der Waals surface area contributed by atoms with Gasteiger partial charge in [0.05, 0.1) is 5.92 Å². The summed E-state index contributed by atoms with van der Waals surface area (Å²) in [5, 5.41) is 14.9. The summed E-state index contributed by atoms with van der Waals surface area (Å²) in [6.07, 6.45) is 2.22. The lowest BCUT2D eigenvalue weighted by atomic mass is 9.75. The highest BCUT2D eigenvalue weighted by Crippen LogP contribution is 2.44. The van der Waals surface area contributed by atoms with Gasteiger partial charge in [-0.3, -0.25) is 4.79 Å². The molecule has 35 heavy (non-hydrogen) atoms. The Kier molecular flexibility index (Phi) is 7.70. The van der Waals surface area contributed by atoms with E-state index in [4.69, 9.17) is 4.74 Å². The lowest BCUT2D eigenvalue weighted by Gasteiger charge is -2.33. The number of hydrogen-bond donors (Lipinski definition) is 3. The zero-order valence-corrected chi connectivity index (χ0v) is 20.2. The number of nitrogens with zero attached hydrogens (tertiary/aromatic N) is 1. The third-order valence-corrected chi connectivity index (χ3v) is 7.03. The van der Waals surface area contributed by atoms with Gasteiger partial charge in [0.2, 0.25) is 5.91 Å². The molecule has 186 valence electrons. The van der Waals surface area contributed by atoms with Crippen molar-refractivity contribution >= 4 is 18.0 Å². The molecule has 2 atom stereocenters. The Hall–Kier alpha value is -3.39. The topological polar surface area (TPSA) is 108 Å². The summed E-state index contributed by atoms with van der Waals surface area (Å²) in [5.41, 5.74) is 4.58. The third kappa shape index (κ3) is 5.65. The van der Waals surface area contributed by atoms with Crippen LogP contribution in [0.3, 0.4) is 0 Å². The Labute approximate surface area is 205 Å². The molecule has 1 fully saturated rings. The molecular weight excluding hydrogens is 446 g/mol. The normalized spacial score (nSPS) is 16.5. The molecule has 0 radical (unpaired) electrons. The van der Waals surface area contributed by atoms with Crippen molar-refractivity contribution in [2.75, 3.05) is 33.8 Å². The van der Waals surface area contributed by atoms with Crippen molar-refractivity contribution in [1.82, 2.24) is 15.5 Å². The molecule has 0 aliphatic heterocycles. The van der Waals surface area contributed by atoms with Gasteiger partial charge in [-0.25, -0.2) is 9.59 Å². The summed E-state index contributed by atoms with van der Waals surface area (Å²) in [5.74, 6) is -1.83. The fourth-order valence-corrected chi connectivity index (χ4v) is 4.99. The number of hydrogen-bond acceptors (Lipinski definition) is 5. The van der Waals surface area contributed by atoms with Gasteiger partial charge in [0.15, 0.2) is 0 Å². The second kappa shape index (κ2) is 10.9. The van der Waals surface area contributed by atoms with E-state index in [-0.39, 0.29) is 37.4 Å². The molecule has 2 aromatic carbocycles. The number of carboxylic acid groups (broad SMARTS) is 1. The fraction of sp³-hybridized carbons (Fsp3) is 0.444. The summed E-state index contributed by atoms with van der Waals surface area (Å²) in [4.78, 5) is 38.8. The summed E-state index contributed by atoms with van der Waals surface area (Å²) < 4.78 is 5.59. The standard InChI is InChI=1S/C27H33N3O5/c1-30(2)15-24(26(32)33)29-25(31)22(17-8-7-9-17)14-28-27(34)35-16-23-20-12-5-3-10-18(20)19-11-4-6-13-21(19)23/h3-6,10-13,17,22-24H,7-9,14-16H2,1-2H3,(H,28,34)(H,29,31)(H,32,33)/t22?,24-/m0/s1. The maximum absolute atomic E-state index is 12.9. The van der Waals surface area contributed by atoms with Gasteiger partial charge < -0.3 is 25.4 Å². The summed E-state index contributed by atoms with van der Waals surface area (Å²) in [7, 11) is 3.51. The van der Waals surface area contributed by atoms with E-state index in [9.17, 15) is 19.5 Å². The van der Waals surface area contributed by atoms with Crippen LogP contribution < -0.4 is 10.6 Å². The van der Waals surface area contributed by atoms with Crippen LogP contribution in [-0.2, 0) is 14.3 Å². The van der Waals surface area contributed by atoms with Crippen LogP contribution in [0.25, 0.3) is 11.1 Å². The predicted molar refractivity (Wildman–Crippen MR) is 132 cm³/mol. The molecule has 3 N–H and O–H groups in total. The average Bonchev–Trinajstić information content (AvgIpc) is 3.12. The van der Waals surface area contributed by atoms with Gasteiger partial charge in [0.25, 0.3) is 0 Å². The van der Waals surface area contributed by atoms with Gasteiger partial charge in [0.1, 0.15) is 12.6 Å². The lowest BCUT2D eigenvalue weighted by molar-refractivity contribution is -0.143. The maximum atomic E-state index is 12.9. The van der Waals surface area contributed by atoms with Crippen molar-refractivity contribution in [1.29, 1.82) is 0 Å². The first-order valence-electron chi connectivity index (χ1n) is 12.1. The van der Waals surface area contributed by atoms with Crippen molar-refractivity contribution in [2.45, 2.75) is 31.2 Å². The van der Waals surface area contributed by atoms with Gasteiger partial charge in [-0.2, -0.15) is 0 Å². The van der Waals surface area contributed by atoms with E-state index in [0.29, 0.717) is 0 Å². The molecule has 2 aliphatic rings. The van der Waals surface area contributed by atoms with E-state index in [0.717, 1.165) is 41.5 Å². The van der Waals surface area contributed by atoms with Crippen molar-refractivity contribution in [2.24, 2.45) is 11.8 Å². The van der Waals surface area contributed by atoms with Crippen molar-refractivity contribution in [3.8, 4) is 11.1 Å². The van der Waals surface area contributed by atoms with E-state index < -0.39 is 24.0 Å². The number of fused-ring (bicyclic) bond motifs is 3. The van der Waals surface area contributed by atoms with Gasteiger partial charge in [-0.05, 0) is 55.1 Å². The first-order valence-corrected chi connectivity index (χ1v) is 12.1. The number of nitrogens with one attached hydrogen (secondary N) is 2. The SMILES string of the molecule is CN(C)C[C@H](NC(=O)C(CNC(=O)OCC1c2ccccc2-c2ccccc21)C1CCC1)C(=O)O. The monoisotopic (exact) mass is 479 g/mol. The Morgan fingerprint density at radius 2 is 1.63 bits per heavy atom. The quantitative estimate of drug-likeness (QED) is 0.483. The molecule has 4 rings (SSSR count). The van der Waals surface area contributed by atoms with Crippen LogP contribution in [0.5, 0.6) is 0 Å². The molecule has 8 heteroatoms. The molecule has 0 bridgehead atoms. The van der Waals surface area contributed by atoms with Crippen molar-refractivity contribution in [3.63, 3.8) is 0 Å². The minimum Gasteiger partial charge on any atom is -0.480 e. The Balaban J connectivity index is 1.35. The van der Waals surface area contributed by atoms with Gasteiger partial charge in [0, 0.05) is 19.0 Å². The number of carboxylic acids is 1. The fourth-order valence-electron chi connectivity index (χ4n) is 4.99. The van der Waals surface area contributed by atoms with Crippen LogP contribution in [0, 0.1) is 11.8 Å². The van der Waals surface area contributed by atoms with Gasteiger partial charge in [-0.15, -0.1) is 0 Å². The number of carbonyl (C=O) groups is 3. The molecule has 0 spiro atoms. The molecule has 1 unspecified atom stereocenters. The third-order valence-electron chi connectivity index (χ3n) is 7.03. The minimum absolute atomic E-state index is 0.0405. The highest BCUT2D eigenvalue weighted by Gasteiger charge is 2.35. The number of amides is 2. The van der Waals surface area contributed by atoms with E-state index in [1.807, 2.05) is 24.3 Å². The first kappa shape index (κ1) is 24.7. The molecule has 0 heterocycles. The number of alkyl carbamates (subject to hydrolysis) is 1. The molecule has 1 saturated carbocycles. The highest BCUT2D eigenvalue weighted by molar-refractivity contribution is 5.86. The Morgan fingerprint density at radius 3 is 2.14 bits per heavy atom. The number of rotatable bonds is 10. The van der Waals surface area contributed by atoms with E-state index >= 15 is 0 Å². The Bertz CT molecular complexity index is 1040. The van der Waals surface area contributed by atoms with Crippen molar-refractivity contribution < 1.29 is 24.2 Å². The smallest absolute Gasteiger partial charge is 0.407 e. The first-order chi connectivity index (χ1) is 16.8. The number of carbonyl (C=O) groups excluding carboxylic acids is 2. The van der Waals surface area contributed by atoms with Crippen LogP contribution in [0.15, 0.2) is 48.5 Å². The van der Waals surface area contributed by atoms with Crippen LogP contribution >= 0.6 is 0 Å².